The van der Waals surface area contributed by atoms with Gasteiger partial charge in [-0.15, -0.1) is 0 Å². The van der Waals surface area contributed by atoms with Gasteiger partial charge in [0.1, 0.15) is 0 Å². The van der Waals surface area contributed by atoms with Crippen molar-refractivity contribution in [3.63, 3.8) is 0 Å². The number of hydrogen-bond acceptors (Lipinski definition) is 3. The van der Waals surface area contributed by atoms with Gasteiger partial charge in [-0.05, 0) is 17.0 Å². The van der Waals surface area contributed by atoms with Crippen molar-refractivity contribution >= 4 is 19.2 Å². The molecule has 138 valence electrons. The predicted molar refractivity (Wildman–Crippen MR) is 91.6 cm³/mol. The molecule has 0 bridgehead atoms. The predicted octanol–water partition coefficient (Wildman–Crippen LogP) is 4.53. The molecule has 0 N–H and O–H groups in total. The monoisotopic (exact) mass is 382 g/mol. The topological polar surface area (TPSA) is 43.4 Å². The Bertz CT molecular complexity index is 640. The fourth-order valence-electron chi connectivity index (χ4n) is 2.32. The van der Waals surface area contributed by atoms with E-state index in [1.54, 1.807) is 44.2 Å². The first kappa shape index (κ1) is 21.2. The summed E-state index contributed by atoms with van der Waals surface area (Å²) in [6.07, 6.45) is 0.719. The molecule has 1 rings (SSSR count). The van der Waals surface area contributed by atoms with E-state index in [0.717, 1.165) is 12.0 Å². The van der Waals surface area contributed by atoms with E-state index in [0.29, 0.717) is 6.04 Å². The van der Waals surface area contributed by atoms with Crippen molar-refractivity contribution in [3.05, 3.63) is 35.9 Å². The van der Waals surface area contributed by atoms with Gasteiger partial charge >= 0.3 is 15.6 Å². The zero-order chi connectivity index (χ0) is 18.8. The van der Waals surface area contributed by atoms with E-state index in [9.17, 15) is 21.6 Å². The van der Waals surface area contributed by atoms with E-state index in [4.69, 9.17) is 3.87 Å². The molecule has 0 aliphatic rings. The Hall–Kier alpha value is -0.863. The molecule has 0 saturated carbocycles. The van der Waals surface area contributed by atoms with Crippen LogP contribution in [0.1, 0.15) is 46.6 Å². The summed E-state index contributed by atoms with van der Waals surface area (Å²) in [5, 5.41) is -0.772. The van der Waals surface area contributed by atoms with Crippen molar-refractivity contribution in [2.45, 2.75) is 57.6 Å². The lowest BCUT2D eigenvalue weighted by Gasteiger charge is -2.37. The maximum Gasteiger partial charge on any atom is 0.522 e. The highest BCUT2D eigenvalue weighted by atomic mass is 32.2. The molecule has 3 nitrogen and oxygen atoms in total. The second-order valence-electron chi connectivity index (χ2n) is 7.29. The van der Waals surface area contributed by atoms with E-state index in [-0.39, 0.29) is 5.41 Å². The van der Waals surface area contributed by atoms with Gasteiger partial charge in [0.15, 0.2) is 0 Å². The van der Waals surface area contributed by atoms with E-state index < -0.39 is 29.7 Å². The Kier molecular flexibility index (Phi) is 6.33. The van der Waals surface area contributed by atoms with Crippen LogP contribution < -0.4 is 0 Å². The summed E-state index contributed by atoms with van der Waals surface area (Å²) in [7, 11) is -8.45. The quantitative estimate of drug-likeness (QED) is 0.514. The minimum absolute atomic E-state index is 0.302. The van der Waals surface area contributed by atoms with Crippen LogP contribution in [0.4, 0.5) is 13.2 Å². The minimum atomic E-state index is -5.61. The Balaban J connectivity index is 3.29. The van der Waals surface area contributed by atoms with Crippen molar-refractivity contribution < 1.29 is 25.5 Å². The molecule has 0 spiro atoms. The van der Waals surface area contributed by atoms with Gasteiger partial charge in [0.25, 0.3) is 0 Å². The van der Waals surface area contributed by atoms with Crippen LogP contribution in [0, 0.1) is 5.41 Å². The molecule has 0 fully saturated rings. The second kappa shape index (κ2) is 7.17. The summed E-state index contributed by atoms with van der Waals surface area (Å²) in [6.45, 7) is 9.28. The molecular formula is C16H25F3O3SSi. The number of benzene rings is 1. The Morgan fingerprint density at radius 2 is 1.54 bits per heavy atom. The highest BCUT2D eigenvalue weighted by Crippen LogP contribution is 2.38. The molecule has 0 saturated heterocycles. The van der Waals surface area contributed by atoms with Gasteiger partial charge in [-0.3, -0.25) is 0 Å². The van der Waals surface area contributed by atoms with Gasteiger partial charge in [-0.2, -0.15) is 21.6 Å². The maximum absolute atomic E-state index is 12.8. The molecule has 1 atom stereocenters. The summed E-state index contributed by atoms with van der Waals surface area (Å²) in [6, 6.07) is 9.28. The third-order valence-corrected chi connectivity index (χ3v) is 10.5. The van der Waals surface area contributed by atoms with Gasteiger partial charge in [0.2, 0.25) is 9.04 Å². The zero-order valence-electron chi connectivity index (χ0n) is 14.6. The lowest BCUT2D eigenvalue weighted by Crippen LogP contribution is -2.46. The third kappa shape index (κ3) is 5.06. The normalized spacial score (nSPS) is 15.3. The van der Waals surface area contributed by atoms with E-state index >= 15 is 0 Å². The highest BCUT2D eigenvalue weighted by Gasteiger charge is 2.51. The van der Waals surface area contributed by atoms with Crippen molar-refractivity contribution in [2.75, 3.05) is 0 Å². The third-order valence-electron chi connectivity index (χ3n) is 4.54. The van der Waals surface area contributed by atoms with Gasteiger partial charge in [-0.1, -0.05) is 71.4 Å². The first-order chi connectivity index (χ1) is 10.7. The van der Waals surface area contributed by atoms with Crippen LogP contribution in [0.15, 0.2) is 30.3 Å². The Morgan fingerprint density at radius 1 is 1.04 bits per heavy atom. The summed E-state index contributed by atoms with van der Waals surface area (Å²) >= 11 is 0. The molecule has 0 aromatic heterocycles. The van der Waals surface area contributed by atoms with Crippen LogP contribution in [0.25, 0.3) is 0 Å². The van der Waals surface area contributed by atoms with Crippen LogP contribution in [-0.2, 0) is 19.0 Å². The first-order valence-corrected chi connectivity index (χ1v) is 11.1. The van der Waals surface area contributed by atoms with Gasteiger partial charge in [0.05, 0.1) is 0 Å². The Morgan fingerprint density at radius 3 is 1.96 bits per heavy atom. The summed E-state index contributed by atoms with van der Waals surface area (Å²) in [5.74, 6) is 0. The molecule has 1 unspecified atom stereocenters. The molecule has 0 amide bonds. The van der Waals surface area contributed by atoms with Gasteiger partial charge < -0.3 is 3.87 Å². The van der Waals surface area contributed by atoms with Crippen LogP contribution in [0.3, 0.4) is 0 Å². The fourth-order valence-corrected chi connectivity index (χ4v) is 7.58. The SMILES string of the molecule is CCC(C)(C)C[SiH](OS(=O)(=O)C(F)(F)F)C(C)(C)c1ccccc1. The van der Waals surface area contributed by atoms with Crippen LogP contribution in [0.5, 0.6) is 0 Å². The highest BCUT2D eigenvalue weighted by molar-refractivity contribution is 7.88. The lowest BCUT2D eigenvalue weighted by molar-refractivity contribution is -0.0503. The zero-order valence-corrected chi connectivity index (χ0v) is 16.6. The van der Waals surface area contributed by atoms with Crippen molar-refractivity contribution in [1.29, 1.82) is 0 Å². The van der Waals surface area contributed by atoms with E-state index in [1.807, 2.05) is 20.8 Å². The largest absolute Gasteiger partial charge is 0.522 e. The van der Waals surface area contributed by atoms with Gasteiger partial charge in [-0.25, -0.2) is 0 Å². The second-order valence-corrected chi connectivity index (χ2v) is 12.3. The van der Waals surface area contributed by atoms with E-state index in [2.05, 4.69) is 0 Å². The molecule has 1 aromatic rings. The molecule has 0 radical (unpaired) electrons. The molecule has 1 aromatic carbocycles. The first-order valence-electron chi connectivity index (χ1n) is 7.78. The number of rotatable bonds is 7. The summed E-state index contributed by atoms with van der Waals surface area (Å²) < 4.78 is 66.5. The smallest absolute Gasteiger partial charge is 0.311 e. The molecule has 0 aliphatic heterocycles. The van der Waals surface area contributed by atoms with Crippen LogP contribution in [-0.4, -0.2) is 23.0 Å². The number of hydrogen-bond donors (Lipinski definition) is 0. The molecular weight excluding hydrogens is 357 g/mol. The maximum atomic E-state index is 12.8. The van der Waals surface area contributed by atoms with Crippen molar-refractivity contribution in [2.24, 2.45) is 5.41 Å². The summed E-state index contributed by atoms with van der Waals surface area (Å²) in [4.78, 5) is 0. The Labute approximate surface area is 144 Å². The number of halogens is 3. The fraction of sp³-hybridized carbons (Fsp3) is 0.625. The van der Waals surface area contributed by atoms with Crippen molar-refractivity contribution in [1.82, 2.24) is 0 Å². The molecule has 0 aliphatic carbocycles. The number of alkyl halides is 3. The standard InChI is InChI=1S/C16H25F3O3SSi/c1-6-14(2,3)12-24(22-23(20,21)16(17,18)19)15(4,5)13-10-8-7-9-11-13/h7-11,24H,6,12H2,1-5H3. The average molecular weight is 383 g/mol. The van der Waals surface area contributed by atoms with Crippen LogP contribution in [0.2, 0.25) is 6.04 Å². The van der Waals surface area contributed by atoms with Crippen molar-refractivity contribution in [3.8, 4) is 0 Å². The van der Waals surface area contributed by atoms with Gasteiger partial charge in [0, 0.05) is 5.04 Å². The van der Waals surface area contributed by atoms with E-state index in [1.165, 1.54) is 0 Å². The molecule has 24 heavy (non-hydrogen) atoms. The average Bonchev–Trinajstić information content (AvgIpc) is 2.46. The molecule has 0 heterocycles. The molecule has 8 heteroatoms. The minimum Gasteiger partial charge on any atom is -0.311 e. The summed E-state index contributed by atoms with van der Waals surface area (Å²) in [5.41, 5.74) is -4.92. The lowest BCUT2D eigenvalue weighted by atomic mass is 9.93. The van der Waals surface area contributed by atoms with Crippen LogP contribution >= 0.6 is 0 Å².